The molecule has 0 saturated heterocycles. The Kier molecular flexibility index (Phi) is 5.85. The highest BCUT2D eigenvalue weighted by molar-refractivity contribution is 5.81. The SMILES string of the molecule is CCC(Oc1ccccc1)C(=O)N(C)CCC(=O)O. The molecule has 0 fully saturated rings. The van der Waals surface area contributed by atoms with Gasteiger partial charge in [-0.1, -0.05) is 25.1 Å². The number of para-hydroxylation sites is 1. The van der Waals surface area contributed by atoms with Crippen LogP contribution in [0.5, 0.6) is 5.75 Å². The average molecular weight is 265 g/mol. The summed E-state index contributed by atoms with van der Waals surface area (Å²) in [4.78, 5) is 24.0. The highest BCUT2D eigenvalue weighted by atomic mass is 16.5. The van der Waals surface area contributed by atoms with E-state index in [1.807, 2.05) is 25.1 Å². The standard InChI is InChI=1S/C14H19NO4/c1-3-12(19-11-7-5-4-6-8-11)14(18)15(2)10-9-13(16)17/h4-8,12H,3,9-10H2,1-2H3,(H,16,17). The summed E-state index contributed by atoms with van der Waals surface area (Å²) >= 11 is 0. The van der Waals surface area contributed by atoms with E-state index in [0.29, 0.717) is 12.2 Å². The van der Waals surface area contributed by atoms with E-state index in [1.165, 1.54) is 4.90 Å². The Balaban J connectivity index is 2.58. The molecule has 0 bridgehead atoms. The van der Waals surface area contributed by atoms with Crippen molar-refractivity contribution in [1.29, 1.82) is 0 Å². The van der Waals surface area contributed by atoms with Crippen molar-refractivity contribution in [2.45, 2.75) is 25.9 Å². The number of ether oxygens (including phenoxy) is 1. The van der Waals surface area contributed by atoms with Gasteiger partial charge in [0.1, 0.15) is 5.75 Å². The molecule has 5 heteroatoms. The lowest BCUT2D eigenvalue weighted by Crippen LogP contribution is -2.40. The van der Waals surface area contributed by atoms with Crippen LogP contribution in [0.1, 0.15) is 19.8 Å². The number of likely N-dealkylation sites (N-methyl/N-ethyl adjacent to an activating group) is 1. The molecule has 19 heavy (non-hydrogen) atoms. The summed E-state index contributed by atoms with van der Waals surface area (Å²) in [6.07, 6.45) is -0.115. The van der Waals surface area contributed by atoms with Gasteiger partial charge in [0.2, 0.25) is 0 Å². The van der Waals surface area contributed by atoms with Crippen LogP contribution < -0.4 is 4.74 Å². The van der Waals surface area contributed by atoms with E-state index in [0.717, 1.165) is 0 Å². The largest absolute Gasteiger partial charge is 0.481 e. The lowest BCUT2D eigenvalue weighted by Gasteiger charge is -2.23. The maximum absolute atomic E-state index is 12.1. The number of hydrogen-bond acceptors (Lipinski definition) is 3. The topological polar surface area (TPSA) is 66.8 Å². The third kappa shape index (κ3) is 4.99. The highest BCUT2D eigenvalue weighted by Crippen LogP contribution is 2.13. The molecule has 0 radical (unpaired) electrons. The summed E-state index contributed by atoms with van der Waals surface area (Å²) in [6, 6.07) is 9.11. The van der Waals surface area contributed by atoms with Gasteiger partial charge in [0.05, 0.1) is 6.42 Å². The van der Waals surface area contributed by atoms with Gasteiger partial charge >= 0.3 is 5.97 Å². The quantitative estimate of drug-likeness (QED) is 0.816. The van der Waals surface area contributed by atoms with Crippen LogP contribution in [0.25, 0.3) is 0 Å². The van der Waals surface area contributed by atoms with Crippen LogP contribution in [0, 0.1) is 0 Å². The molecule has 1 rings (SSSR count). The second-order valence-corrected chi connectivity index (χ2v) is 4.23. The lowest BCUT2D eigenvalue weighted by molar-refractivity contribution is -0.140. The summed E-state index contributed by atoms with van der Waals surface area (Å²) in [5.41, 5.74) is 0. The zero-order chi connectivity index (χ0) is 14.3. The molecule has 1 atom stereocenters. The van der Waals surface area contributed by atoms with Crippen LogP contribution in [0.15, 0.2) is 30.3 Å². The number of carbonyl (C=O) groups is 2. The zero-order valence-electron chi connectivity index (χ0n) is 11.2. The van der Waals surface area contributed by atoms with E-state index >= 15 is 0 Å². The van der Waals surface area contributed by atoms with Crippen molar-refractivity contribution in [3.05, 3.63) is 30.3 Å². The number of nitrogens with zero attached hydrogens (tertiary/aromatic N) is 1. The van der Waals surface area contributed by atoms with Crippen molar-refractivity contribution >= 4 is 11.9 Å². The van der Waals surface area contributed by atoms with Gasteiger partial charge in [-0.25, -0.2) is 0 Å². The second-order valence-electron chi connectivity index (χ2n) is 4.23. The molecule has 0 aliphatic carbocycles. The first-order valence-electron chi connectivity index (χ1n) is 6.23. The minimum atomic E-state index is -0.920. The minimum Gasteiger partial charge on any atom is -0.481 e. The second kappa shape index (κ2) is 7.41. The van der Waals surface area contributed by atoms with Gasteiger partial charge in [-0.3, -0.25) is 9.59 Å². The van der Waals surface area contributed by atoms with Gasteiger partial charge in [0.25, 0.3) is 5.91 Å². The van der Waals surface area contributed by atoms with Crippen LogP contribution in [-0.2, 0) is 9.59 Å². The van der Waals surface area contributed by atoms with E-state index < -0.39 is 12.1 Å². The predicted molar refractivity (Wildman–Crippen MR) is 71.0 cm³/mol. The number of carboxylic acid groups (broad SMARTS) is 1. The Morgan fingerprint density at radius 2 is 1.95 bits per heavy atom. The van der Waals surface area contributed by atoms with Gasteiger partial charge in [0, 0.05) is 13.6 Å². The van der Waals surface area contributed by atoms with Gasteiger partial charge in [-0.05, 0) is 18.6 Å². The van der Waals surface area contributed by atoms with Crippen molar-refractivity contribution in [2.24, 2.45) is 0 Å². The zero-order valence-corrected chi connectivity index (χ0v) is 11.2. The van der Waals surface area contributed by atoms with Gasteiger partial charge < -0.3 is 14.7 Å². The number of hydrogen-bond donors (Lipinski definition) is 1. The smallest absolute Gasteiger partial charge is 0.305 e. The number of carboxylic acids is 1. The molecule has 1 aromatic rings. The fourth-order valence-corrected chi connectivity index (χ4v) is 1.59. The third-order valence-corrected chi connectivity index (χ3v) is 2.71. The van der Waals surface area contributed by atoms with Crippen LogP contribution >= 0.6 is 0 Å². The summed E-state index contributed by atoms with van der Waals surface area (Å²) in [5, 5.41) is 8.61. The first kappa shape index (κ1) is 15.0. The number of carbonyl (C=O) groups excluding carboxylic acids is 1. The number of aliphatic carboxylic acids is 1. The van der Waals surface area contributed by atoms with E-state index in [-0.39, 0.29) is 18.9 Å². The van der Waals surface area contributed by atoms with Gasteiger partial charge in [-0.15, -0.1) is 0 Å². The molecule has 1 amide bonds. The summed E-state index contributed by atoms with van der Waals surface area (Å²) < 4.78 is 5.61. The molecule has 1 aromatic carbocycles. The molecule has 5 nitrogen and oxygen atoms in total. The van der Waals surface area contributed by atoms with Crippen LogP contribution in [-0.4, -0.2) is 41.6 Å². The molecule has 104 valence electrons. The van der Waals surface area contributed by atoms with E-state index in [1.54, 1.807) is 19.2 Å². The fourth-order valence-electron chi connectivity index (χ4n) is 1.59. The molecule has 0 heterocycles. The van der Waals surface area contributed by atoms with Crippen LogP contribution in [0.2, 0.25) is 0 Å². The van der Waals surface area contributed by atoms with Crippen molar-refractivity contribution in [1.82, 2.24) is 4.90 Å². The maximum atomic E-state index is 12.1. The third-order valence-electron chi connectivity index (χ3n) is 2.71. The predicted octanol–water partition coefficient (Wildman–Crippen LogP) is 1.78. The molecule has 0 aliphatic heterocycles. The molecule has 0 saturated carbocycles. The molecular formula is C14H19NO4. The lowest BCUT2D eigenvalue weighted by atomic mass is 10.2. The maximum Gasteiger partial charge on any atom is 0.305 e. The minimum absolute atomic E-state index is 0.0655. The van der Waals surface area contributed by atoms with Crippen molar-refractivity contribution < 1.29 is 19.4 Å². The number of rotatable bonds is 7. The normalized spacial score (nSPS) is 11.7. The Hall–Kier alpha value is -2.04. The summed E-state index contributed by atoms with van der Waals surface area (Å²) in [7, 11) is 1.59. The van der Waals surface area contributed by atoms with Crippen LogP contribution in [0.4, 0.5) is 0 Å². The van der Waals surface area contributed by atoms with Gasteiger partial charge in [0.15, 0.2) is 6.10 Å². The molecule has 1 unspecified atom stereocenters. The Bertz CT molecular complexity index is 419. The van der Waals surface area contributed by atoms with E-state index in [9.17, 15) is 9.59 Å². The Labute approximate surface area is 112 Å². The summed E-state index contributed by atoms with van der Waals surface area (Å²) in [5.74, 6) is -0.487. The molecule has 0 aliphatic rings. The molecule has 1 N–H and O–H groups in total. The van der Waals surface area contributed by atoms with Crippen molar-refractivity contribution in [3.63, 3.8) is 0 Å². The average Bonchev–Trinajstić information content (AvgIpc) is 2.42. The molecule has 0 spiro atoms. The van der Waals surface area contributed by atoms with Crippen molar-refractivity contribution in [3.8, 4) is 5.75 Å². The van der Waals surface area contributed by atoms with Crippen LogP contribution in [0.3, 0.4) is 0 Å². The van der Waals surface area contributed by atoms with Crippen molar-refractivity contribution in [2.75, 3.05) is 13.6 Å². The highest BCUT2D eigenvalue weighted by Gasteiger charge is 2.22. The first-order chi connectivity index (χ1) is 9.04. The fraction of sp³-hybridized carbons (Fsp3) is 0.429. The number of amides is 1. The Morgan fingerprint density at radius 1 is 1.32 bits per heavy atom. The monoisotopic (exact) mass is 265 g/mol. The molecule has 0 aromatic heterocycles. The van der Waals surface area contributed by atoms with Gasteiger partial charge in [-0.2, -0.15) is 0 Å². The summed E-state index contributed by atoms with van der Waals surface area (Å²) in [6.45, 7) is 2.04. The molecular weight excluding hydrogens is 246 g/mol. The van der Waals surface area contributed by atoms with E-state index in [2.05, 4.69) is 0 Å². The Morgan fingerprint density at radius 3 is 2.47 bits per heavy atom. The number of benzene rings is 1. The first-order valence-corrected chi connectivity index (χ1v) is 6.23. The van der Waals surface area contributed by atoms with E-state index in [4.69, 9.17) is 9.84 Å².